The van der Waals surface area contributed by atoms with Crippen LogP contribution < -0.4 is 0 Å². The highest BCUT2D eigenvalue weighted by Crippen LogP contribution is 2.43. The van der Waals surface area contributed by atoms with Gasteiger partial charge in [-0.15, -0.1) is 0 Å². The van der Waals surface area contributed by atoms with Gasteiger partial charge in [0.15, 0.2) is 0 Å². The molecule has 0 saturated carbocycles. The van der Waals surface area contributed by atoms with Crippen LogP contribution in [0.4, 0.5) is 0 Å². The number of rotatable bonds is 4. The molecule has 15 rings (SSSR count). The molecule has 0 unspecified atom stereocenters. The van der Waals surface area contributed by atoms with Crippen molar-refractivity contribution in [2.75, 3.05) is 0 Å². The molecule has 0 atom stereocenters. The standard InChI is InChI=1S/C60H35N3O/c1-6-16-52-42(11-1)47-31-38(25-28-56(47)61(52)40-27-30-59-49(33-40)46-15-5-10-20-58(46)64-59)36-21-23-37(24-22-36)39-26-29-57-48(32-39)43-12-2-7-17-53(43)62(57)41-34-50-44-13-3-8-18-54(44)63-55-19-9-4-14-45(55)51(35-41)60(50)63/h1-35H. The first-order valence-electron chi connectivity index (χ1n) is 22.0. The molecule has 4 nitrogen and oxygen atoms in total. The zero-order valence-electron chi connectivity index (χ0n) is 34.5. The van der Waals surface area contributed by atoms with Crippen molar-refractivity contribution in [2.24, 2.45) is 0 Å². The predicted molar refractivity (Wildman–Crippen MR) is 268 cm³/mol. The van der Waals surface area contributed by atoms with Gasteiger partial charge in [-0.2, -0.15) is 0 Å². The summed E-state index contributed by atoms with van der Waals surface area (Å²) in [6, 6.07) is 77.8. The van der Waals surface area contributed by atoms with Gasteiger partial charge in [0, 0.05) is 65.2 Å². The monoisotopic (exact) mass is 813 g/mol. The fourth-order valence-corrected chi connectivity index (χ4v) is 11.1. The summed E-state index contributed by atoms with van der Waals surface area (Å²) in [6.45, 7) is 0. The number of benzene rings is 10. The molecule has 296 valence electrons. The number of furan rings is 1. The van der Waals surface area contributed by atoms with Gasteiger partial charge in [0.05, 0.1) is 38.6 Å². The molecule has 0 aliphatic rings. The Morgan fingerprint density at radius 1 is 0.250 bits per heavy atom. The molecule has 0 N–H and O–H groups in total. The molecule has 0 aliphatic heterocycles. The molecule has 0 radical (unpaired) electrons. The van der Waals surface area contributed by atoms with E-state index in [0.29, 0.717) is 0 Å². The molecule has 15 aromatic rings. The topological polar surface area (TPSA) is 27.4 Å². The van der Waals surface area contributed by atoms with Gasteiger partial charge in [-0.3, -0.25) is 0 Å². The molecule has 0 aliphatic carbocycles. The van der Waals surface area contributed by atoms with Crippen LogP contribution in [-0.2, 0) is 0 Å². The van der Waals surface area contributed by atoms with Crippen molar-refractivity contribution >= 4 is 104 Å². The second kappa shape index (κ2) is 12.5. The molecule has 5 heterocycles. The second-order valence-corrected chi connectivity index (χ2v) is 17.3. The van der Waals surface area contributed by atoms with Crippen LogP contribution in [0.3, 0.4) is 0 Å². The molecule has 0 spiro atoms. The van der Waals surface area contributed by atoms with Crippen LogP contribution >= 0.6 is 0 Å². The number of nitrogens with zero attached hydrogens (tertiary/aromatic N) is 3. The maximum Gasteiger partial charge on any atom is 0.135 e. The lowest BCUT2D eigenvalue weighted by molar-refractivity contribution is 0.669. The third-order valence-corrected chi connectivity index (χ3v) is 14.0. The summed E-state index contributed by atoms with van der Waals surface area (Å²) in [5.74, 6) is 0. The third kappa shape index (κ3) is 4.56. The highest BCUT2D eigenvalue weighted by Gasteiger charge is 2.21. The van der Waals surface area contributed by atoms with E-state index in [2.05, 4.69) is 214 Å². The summed E-state index contributed by atoms with van der Waals surface area (Å²) in [5, 5.41) is 12.4. The summed E-state index contributed by atoms with van der Waals surface area (Å²) in [6.07, 6.45) is 0. The summed E-state index contributed by atoms with van der Waals surface area (Å²) in [5.41, 5.74) is 17.5. The van der Waals surface area contributed by atoms with Gasteiger partial charge in [-0.25, -0.2) is 0 Å². The molecule has 4 heteroatoms. The van der Waals surface area contributed by atoms with Crippen LogP contribution in [0.2, 0.25) is 0 Å². The van der Waals surface area contributed by atoms with Crippen molar-refractivity contribution in [1.29, 1.82) is 0 Å². The molecule has 64 heavy (non-hydrogen) atoms. The average Bonchev–Trinajstić information content (AvgIpc) is 4.15. The van der Waals surface area contributed by atoms with Gasteiger partial charge < -0.3 is 18.0 Å². The molecular weight excluding hydrogens is 779 g/mol. The first kappa shape index (κ1) is 34.0. The Morgan fingerprint density at radius 3 is 1.22 bits per heavy atom. The maximum atomic E-state index is 6.18. The summed E-state index contributed by atoms with van der Waals surface area (Å²) < 4.78 is 13.5. The fourth-order valence-electron chi connectivity index (χ4n) is 11.1. The van der Waals surface area contributed by atoms with Crippen LogP contribution in [0.5, 0.6) is 0 Å². The van der Waals surface area contributed by atoms with E-state index >= 15 is 0 Å². The predicted octanol–water partition coefficient (Wildman–Crippen LogP) is 16.3. The second-order valence-electron chi connectivity index (χ2n) is 17.3. The van der Waals surface area contributed by atoms with Crippen molar-refractivity contribution in [3.8, 4) is 33.6 Å². The average molecular weight is 814 g/mol. The van der Waals surface area contributed by atoms with E-state index in [1.807, 2.05) is 12.1 Å². The largest absolute Gasteiger partial charge is 0.456 e. The molecule has 10 aromatic carbocycles. The van der Waals surface area contributed by atoms with Crippen LogP contribution in [0.1, 0.15) is 0 Å². The van der Waals surface area contributed by atoms with E-state index in [1.54, 1.807) is 0 Å². The van der Waals surface area contributed by atoms with Gasteiger partial charge in [0.25, 0.3) is 0 Å². The molecule has 5 aromatic heterocycles. The molecule has 0 saturated heterocycles. The van der Waals surface area contributed by atoms with Crippen LogP contribution in [0.15, 0.2) is 217 Å². The Balaban J connectivity index is 0.833. The Labute approximate surface area is 366 Å². The molecule has 0 fully saturated rings. The van der Waals surface area contributed by atoms with Gasteiger partial charge >= 0.3 is 0 Å². The van der Waals surface area contributed by atoms with E-state index in [0.717, 1.165) is 27.6 Å². The summed E-state index contributed by atoms with van der Waals surface area (Å²) >= 11 is 0. The lowest BCUT2D eigenvalue weighted by Crippen LogP contribution is -1.94. The van der Waals surface area contributed by atoms with Crippen LogP contribution in [0, 0.1) is 0 Å². The van der Waals surface area contributed by atoms with Crippen LogP contribution in [0.25, 0.3) is 137 Å². The number of aromatic nitrogens is 3. The van der Waals surface area contributed by atoms with Crippen LogP contribution in [-0.4, -0.2) is 13.5 Å². The van der Waals surface area contributed by atoms with E-state index < -0.39 is 0 Å². The number of fused-ring (bicyclic) bond motifs is 15. The lowest BCUT2D eigenvalue weighted by Gasteiger charge is -2.10. The Bertz CT molecular complexity index is 4340. The highest BCUT2D eigenvalue weighted by atomic mass is 16.3. The minimum Gasteiger partial charge on any atom is -0.456 e. The van der Waals surface area contributed by atoms with Gasteiger partial charge in [-0.1, -0.05) is 127 Å². The minimum atomic E-state index is 0.905. The number of hydrogen-bond donors (Lipinski definition) is 0. The van der Waals surface area contributed by atoms with Gasteiger partial charge in [-0.05, 0) is 107 Å². The van der Waals surface area contributed by atoms with Gasteiger partial charge in [0.1, 0.15) is 11.2 Å². The van der Waals surface area contributed by atoms with Crippen molar-refractivity contribution in [3.63, 3.8) is 0 Å². The Kier molecular flexibility index (Phi) is 6.65. The highest BCUT2D eigenvalue weighted by molar-refractivity contribution is 6.24. The SMILES string of the molecule is c1ccc2c(c1)oc1ccc(-n3c4ccccc4c4cc(-c5ccc(-c6ccc7c(c6)c6ccccc6n7-c6cc7c8ccccc8n8c9ccccc9c(c6)c78)cc5)ccc43)cc12. The quantitative estimate of drug-likeness (QED) is 0.174. The minimum absolute atomic E-state index is 0.905. The zero-order chi connectivity index (χ0) is 41.6. The zero-order valence-corrected chi connectivity index (χ0v) is 34.5. The summed E-state index contributed by atoms with van der Waals surface area (Å²) in [4.78, 5) is 0. The molecule has 0 bridgehead atoms. The Morgan fingerprint density at radius 2 is 0.656 bits per heavy atom. The van der Waals surface area contributed by atoms with Gasteiger partial charge in [0.2, 0.25) is 0 Å². The Hall–Kier alpha value is -8.60. The number of para-hydroxylation sites is 5. The smallest absolute Gasteiger partial charge is 0.135 e. The lowest BCUT2D eigenvalue weighted by atomic mass is 9.98. The van der Waals surface area contributed by atoms with E-state index in [4.69, 9.17) is 4.42 Å². The van der Waals surface area contributed by atoms with Crippen molar-refractivity contribution < 1.29 is 4.42 Å². The fraction of sp³-hybridized carbons (Fsp3) is 0. The van der Waals surface area contributed by atoms with E-state index in [1.165, 1.54) is 110 Å². The van der Waals surface area contributed by atoms with E-state index in [9.17, 15) is 0 Å². The molecular formula is C60H35N3O. The third-order valence-electron chi connectivity index (χ3n) is 14.0. The maximum absolute atomic E-state index is 6.18. The van der Waals surface area contributed by atoms with Crippen molar-refractivity contribution in [1.82, 2.24) is 13.5 Å². The first-order chi connectivity index (χ1) is 31.7. The summed E-state index contributed by atoms with van der Waals surface area (Å²) in [7, 11) is 0. The molecule has 0 amide bonds. The number of hydrogen-bond acceptors (Lipinski definition) is 1. The normalized spacial score (nSPS) is 12.4. The van der Waals surface area contributed by atoms with Crippen molar-refractivity contribution in [3.05, 3.63) is 212 Å². The van der Waals surface area contributed by atoms with Crippen molar-refractivity contribution in [2.45, 2.75) is 0 Å². The van der Waals surface area contributed by atoms with E-state index in [-0.39, 0.29) is 0 Å². The first-order valence-corrected chi connectivity index (χ1v) is 22.0.